The normalized spacial score (nSPS) is 13.3. The van der Waals surface area contributed by atoms with Crippen molar-refractivity contribution in [1.29, 1.82) is 0 Å². The fraction of sp³-hybridized carbons (Fsp3) is 0.667. The highest BCUT2D eigenvalue weighted by atomic mass is 19.4. The summed E-state index contributed by atoms with van der Waals surface area (Å²) in [5.41, 5.74) is 5.07. The zero-order valence-electron chi connectivity index (χ0n) is 7.52. The average molecular weight is 230 g/mol. The number of alkyl halides is 5. The number of hydrogen-bond donors (Lipinski definition) is 1. The van der Waals surface area contributed by atoms with Gasteiger partial charge in [-0.15, -0.1) is 10.2 Å². The molecule has 0 amide bonds. The molecular weight excluding hydrogens is 223 g/mol. The quantitative estimate of drug-likeness (QED) is 0.769. The van der Waals surface area contributed by atoms with Crippen LogP contribution in [-0.2, 0) is 19.5 Å². The van der Waals surface area contributed by atoms with Crippen molar-refractivity contribution >= 4 is 0 Å². The van der Waals surface area contributed by atoms with E-state index in [1.54, 1.807) is 0 Å². The van der Waals surface area contributed by atoms with E-state index >= 15 is 0 Å². The summed E-state index contributed by atoms with van der Waals surface area (Å²) in [5.74, 6) is -6.63. The van der Waals surface area contributed by atoms with Crippen LogP contribution < -0.4 is 5.73 Å². The summed E-state index contributed by atoms with van der Waals surface area (Å²) < 4.78 is 62.0. The molecular formula is C6H7F5N4. The Morgan fingerprint density at radius 2 is 1.73 bits per heavy atom. The van der Waals surface area contributed by atoms with Crippen LogP contribution >= 0.6 is 0 Å². The molecule has 0 saturated heterocycles. The minimum absolute atomic E-state index is 0.145. The van der Waals surface area contributed by atoms with Crippen LogP contribution in [-0.4, -0.2) is 20.9 Å². The molecule has 0 fully saturated rings. The lowest BCUT2D eigenvalue weighted by Crippen LogP contribution is -2.36. The van der Waals surface area contributed by atoms with E-state index in [1.165, 1.54) is 0 Å². The SMILES string of the molecule is Cn1c(CN)nnc1C(F)(F)C(F)(F)F. The Morgan fingerprint density at radius 1 is 1.20 bits per heavy atom. The second-order valence-electron chi connectivity index (χ2n) is 2.78. The van der Waals surface area contributed by atoms with Gasteiger partial charge in [-0.2, -0.15) is 22.0 Å². The predicted octanol–water partition coefficient (Wildman–Crippen LogP) is 0.928. The molecule has 1 aromatic heterocycles. The van der Waals surface area contributed by atoms with E-state index in [2.05, 4.69) is 10.2 Å². The van der Waals surface area contributed by atoms with Gasteiger partial charge in [-0.1, -0.05) is 0 Å². The maximum absolute atomic E-state index is 12.8. The first-order chi connectivity index (χ1) is 6.71. The third-order valence-electron chi connectivity index (χ3n) is 1.78. The van der Waals surface area contributed by atoms with Gasteiger partial charge in [0.2, 0.25) is 5.82 Å². The van der Waals surface area contributed by atoms with Gasteiger partial charge in [-0.3, -0.25) is 0 Å². The Morgan fingerprint density at radius 3 is 2.07 bits per heavy atom. The molecule has 0 aliphatic heterocycles. The summed E-state index contributed by atoms with van der Waals surface area (Å²) in [5, 5.41) is 5.91. The lowest BCUT2D eigenvalue weighted by Gasteiger charge is -2.18. The van der Waals surface area contributed by atoms with E-state index in [1.807, 2.05) is 0 Å². The Labute approximate surface area is 80.9 Å². The van der Waals surface area contributed by atoms with Gasteiger partial charge in [0.25, 0.3) is 0 Å². The summed E-state index contributed by atoms with van der Waals surface area (Å²) in [4.78, 5) is 0. The summed E-state index contributed by atoms with van der Waals surface area (Å²) in [6.45, 7) is -0.266. The molecule has 9 heteroatoms. The van der Waals surface area contributed by atoms with Crippen LogP contribution in [0.25, 0.3) is 0 Å². The van der Waals surface area contributed by atoms with Crippen molar-refractivity contribution in [2.75, 3.05) is 0 Å². The van der Waals surface area contributed by atoms with Crippen molar-refractivity contribution in [2.24, 2.45) is 12.8 Å². The molecule has 0 unspecified atom stereocenters. The van der Waals surface area contributed by atoms with Gasteiger partial charge in [0.15, 0.2) is 0 Å². The van der Waals surface area contributed by atoms with Crippen molar-refractivity contribution in [2.45, 2.75) is 18.6 Å². The molecule has 15 heavy (non-hydrogen) atoms. The van der Waals surface area contributed by atoms with Gasteiger partial charge in [-0.05, 0) is 0 Å². The molecule has 0 aliphatic rings. The van der Waals surface area contributed by atoms with E-state index in [0.29, 0.717) is 4.57 Å². The number of nitrogens with two attached hydrogens (primary N) is 1. The van der Waals surface area contributed by atoms with Crippen molar-refractivity contribution in [3.8, 4) is 0 Å². The minimum Gasteiger partial charge on any atom is -0.324 e. The van der Waals surface area contributed by atoms with E-state index in [0.717, 1.165) is 7.05 Å². The second kappa shape index (κ2) is 3.40. The smallest absolute Gasteiger partial charge is 0.324 e. The Hall–Kier alpha value is -1.25. The molecule has 0 spiro atoms. The number of aromatic nitrogens is 3. The zero-order chi connectivity index (χ0) is 11.9. The van der Waals surface area contributed by atoms with Crippen molar-refractivity contribution < 1.29 is 22.0 Å². The molecule has 0 aromatic carbocycles. The van der Waals surface area contributed by atoms with Crippen LogP contribution in [0.4, 0.5) is 22.0 Å². The molecule has 1 heterocycles. The van der Waals surface area contributed by atoms with Crippen molar-refractivity contribution in [3.05, 3.63) is 11.6 Å². The Balaban J connectivity index is 3.22. The van der Waals surface area contributed by atoms with Gasteiger partial charge in [0.05, 0.1) is 6.54 Å². The number of nitrogens with zero attached hydrogens (tertiary/aromatic N) is 3. The number of halogens is 5. The van der Waals surface area contributed by atoms with Crippen LogP contribution in [0.15, 0.2) is 0 Å². The molecule has 2 N–H and O–H groups in total. The molecule has 4 nitrogen and oxygen atoms in total. The maximum atomic E-state index is 12.8. The third-order valence-corrected chi connectivity index (χ3v) is 1.78. The standard InChI is InChI=1S/C6H7F5N4/c1-15-3(2-12)13-14-4(15)5(7,8)6(9,10)11/h2,12H2,1H3. The lowest BCUT2D eigenvalue weighted by molar-refractivity contribution is -0.293. The first kappa shape index (κ1) is 11.8. The molecule has 0 bridgehead atoms. The maximum Gasteiger partial charge on any atom is 0.461 e. The Kier molecular flexibility index (Phi) is 2.68. The molecule has 0 radical (unpaired) electrons. The highest BCUT2D eigenvalue weighted by molar-refractivity contribution is 5.04. The predicted molar refractivity (Wildman–Crippen MR) is 38.8 cm³/mol. The molecule has 86 valence electrons. The fourth-order valence-corrected chi connectivity index (χ4v) is 0.939. The van der Waals surface area contributed by atoms with Crippen LogP contribution in [0.5, 0.6) is 0 Å². The highest BCUT2D eigenvalue weighted by Gasteiger charge is 2.62. The van der Waals surface area contributed by atoms with E-state index in [4.69, 9.17) is 5.73 Å². The zero-order valence-corrected chi connectivity index (χ0v) is 7.52. The number of hydrogen-bond acceptors (Lipinski definition) is 3. The molecule has 1 rings (SSSR count). The van der Waals surface area contributed by atoms with Gasteiger partial charge in [-0.25, -0.2) is 0 Å². The van der Waals surface area contributed by atoms with E-state index in [-0.39, 0.29) is 12.4 Å². The average Bonchev–Trinajstić information content (AvgIpc) is 2.44. The molecule has 0 aliphatic carbocycles. The summed E-state index contributed by atoms with van der Waals surface area (Å²) in [7, 11) is 0.997. The molecule has 1 aromatic rings. The molecule has 0 saturated carbocycles. The van der Waals surface area contributed by atoms with E-state index < -0.39 is 17.9 Å². The van der Waals surface area contributed by atoms with Crippen LogP contribution in [0.3, 0.4) is 0 Å². The fourth-order valence-electron chi connectivity index (χ4n) is 0.939. The van der Waals surface area contributed by atoms with Crippen LogP contribution in [0, 0.1) is 0 Å². The summed E-state index contributed by atoms with van der Waals surface area (Å²) in [6.07, 6.45) is -5.69. The first-order valence-electron chi connectivity index (χ1n) is 3.75. The summed E-state index contributed by atoms with van der Waals surface area (Å²) in [6, 6.07) is 0. The van der Waals surface area contributed by atoms with Gasteiger partial charge >= 0.3 is 12.1 Å². The topological polar surface area (TPSA) is 56.7 Å². The third kappa shape index (κ3) is 1.78. The summed E-state index contributed by atoms with van der Waals surface area (Å²) >= 11 is 0. The second-order valence-corrected chi connectivity index (χ2v) is 2.78. The molecule has 0 atom stereocenters. The Bertz CT molecular complexity index is 355. The van der Waals surface area contributed by atoms with Crippen molar-refractivity contribution in [3.63, 3.8) is 0 Å². The first-order valence-corrected chi connectivity index (χ1v) is 3.75. The van der Waals surface area contributed by atoms with Gasteiger partial charge in [0.1, 0.15) is 5.82 Å². The van der Waals surface area contributed by atoms with Gasteiger partial charge in [0, 0.05) is 7.05 Å². The van der Waals surface area contributed by atoms with Crippen molar-refractivity contribution in [1.82, 2.24) is 14.8 Å². The van der Waals surface area contributed by atoms with Gasteiger partial charge < -0.3 is 10.3 Å². The lowest BCUT2D eigenvalue weighted by atomic mass is 10.3. The highest BCUT2D eigenvalue weighted by Crippen LogP contribution is 2.42. The van der Waals surface area contributed by atoms with Crippen LogP contribution in [0.2, 0.25) is 0 Å². The van der Waals surface area contributed by atoms with Crippen LogP contribution in [0.1, 0.15) is 11.6 Å². The van der Waals surface area contributed by atoms with E-state index in [9.17, 15) is 22.0 Å². The largest absolute Gasteiger partial charge is 0.461 e. The number of rotatable bonds is 2. The minimum atomic E-state index is -5.69. The monoisotopic (exact) mass is 230 g/mol.